The Kier molecular flexibility index (Phi) is 3.76. The molecule has 0 aromatic carbocycles. The van der Waals surface area contributed by atoms with Gasteiger partial charge in [0.05, 0.1) is 5.54 Å². The molecule has 1 amide bonds. The first-order chi connectivity index (χ1) is 8.60. The number of aryl methyl sites for hydroxylation is 1. The van der Waals surface area contributed by atoms with Crippen LogP contribution in [0.5, 0.6) is 0 Å². The van der Waals surface area contributed by atoms with Gasteiger partial charge in [-0.2, -0.15) is 0 Å². The molecule has 0 bridgehead atoms. The standard InChI is InChI=1S/C14H23N3O/c1-3-8-17-9-4-5-12(17)13(18)16-14(2,10-15)11-6-7-11/h4-5,9,11H,3,6-8,10,15H2,1-2H3,(H,16,18). The number of rotatable bonds is 6. The van der Waals surface area contributed by atoms with Gasteiger partial charge in [-0.05, 0) is 44.2 Å². The van der Waals surface area contributed by atoms with Crippen molar-refractivity contribution in [3.63, 3.8) is 0 Å². The van der Waals surface area contributed by atoms with E-state index in [0.29, 0.717) is 12.5 Å². The van der Waals surface area contributed by atoms with E-state index < -0.39 is 0 Å². The third-order valence-electron chi connectivity index (χ3n) is 3.83. The number of hydrogen-bond acceptors (Lipinski definition) is 2. The van der Waals surface area contributed by atoms with Crippen molar-refractivity contribution in [3.05, 3.63) is 24.0 Å². The molecule has 1 unspecified atom stereocenters. The van der Waals surface area contributed by atoms with Crippen molar-refractivity contribution in [1.29, 1.82) is 0 Å². The molecular weight excluding hydrogens is 226 g/mol. The number of nitrogens with zero attached hydrogens (tertiary/aromatic N) is 1. The van der Waals surface area contributed by atoms with Gasteiger partial charge in [0, 0.05) is 19.3 Å². The summed E-state index contributed by atoms with van der Waals surface area (Å²) in [7, 11) is 0. The highest BCUT2D eigenvalue weighted by Crippen LogP contribution is 2.39. The molecule has 0 aliphatic heterocycles. The summed E-state index contributed by atoms with van der Waals surface area (Å²) in [5.74, 6) is 0.536. The van der Waals surface area contributed by atoms with Crippen LogP contribution in [0.15, 0.2) is 18.3 Å². The Bertz CT molecular complexity index is 422. The zero-order valence-corrected chi connectivity index (χ0v) is 11.3. The van der Waals surface area contributed by atoms with E-state index in [2.05, 4.69) is 19.2 Å². The Morgan fingerprint density at radius 2 is 2.33 bits per heavy atom. The molecule has 3 N–H and O–H groups in total. The van der Waals surface area contributed by atoms with E-state index in [1.807, 2.05) is 22.9 Å². The number of amides is 1. The second-order valence-corrected chi connectivity index (χ2v) is 5.44. The Hall–Kier alpha value is -1.29. The van der Waals surface area contributed by atoms with Crippen LogP contribution in [0.25, 0.3) is 0 Å². The van der Waals surface area contributed by atoms with Crippen LogP contribution in [0.3, 0.4) is 0 Å². The molecule has 0 saturated heterocycles. The van der Waals surface area contributed by atoms with Gasteiger partial charge in [-0.15, -0.1) is 0 Å². The summed E-state index contributed by atoms with van der Waals surface area (Å²) in [5, 5.41) is 3.12. The first-order valence-corrected chi connectivity index (χ1v) is 6.78. The van der Waals surface area contributed by atoms with Gasteiger partial charge in [-0.1, -0.05) is 6.92 Å². The van der Waals surface area contributed by atoms with Crippen LogP contribution in [0, 0.1) is 5.92 Å². The van der Waals surface area contributed by atoms with Crippen LogP contribution in [0.4, 0.5) is 0 Å². The van der Waals surface area contributed by atoms with Gasteiger partial charge in [0.25, 0.3) is 5.91 Å². The summed E-state index contributed by atoms with van der Waals surface area (Å²) in [6.45, 7) is 5.53. The van der Waals surface area contributed by atoms with Gasteiger partial charge < -0.3 is 15.6 Å². The third-order valence-corrected chi connectivity index (χ3v) is 3.83. The second kappa shape index (κ2) is 5.14. The number of aromatic nitrogens is 1. The third kappa shape index (κ3) is 2.58. The quantitative estimate of drug-likeness (QED) is 0.807. The summed E-state index contributed by atoms with van der Waals surface area (Å²) < 4.78 is 2.00. The van der Waals surface area contributed by atoms with E-state index in [1.54, 1.807) is 0 Å². The average molecular weight is 249 g/mol. The minimum atomic E-state index is -0.252. The lowest BCUT2D eigenvalue weighted by Gasteiger charge is -2.29. The van der Waals surface area contributed by atoms with E-state index in [-0.39, 0.29) is 11.4 Å². The molecule has 4 heteroatoms. The molecule has 18 heavy (non-hydrogen) atoms. The number of carbonyl (C=O) groups is 1. The van der Waals surface area contributed by atoms with Crippen molar-refractivity contribution >= 4 is 5.91 Å². The number of hydrogen-bond donors (Lipinski definition) is 2. The fourth-order valence-corrected chi connectivity index (χ4v) is 2.42. The van der Waals surface area contributed by atoms with E-state index in [4.69, 9.17) is 5.73 Å². The van der Waals surface area contributed by atoms with Crippen LogP contribution < -0.4 is 11.1 Å². The zero-order chi connectivity index (χ0) is 13.2. The predicted octanol–water partition coefficient (Wildman–Crippen LogP) is 1.76. The highest BCUT2D eigenvalue weighted by atomic mass is 16.2. The molecule has 1 aliphatic carbocycles. The van der Waals surface area contributed by atoms with Crippen LogP contribution in [0.1, 0.15) is 43.6 Å². The Labute approximate surface area is 109 Å². The maximum absolute atomic E-state index is 12.3. The molecule has 0 spiro atoms. The predicted molar refractivity (Wildman–Crippen MR) is 72.4 cm³/mol. The zero-order valence-electron chi connectivity index (χ0n) is 11.3. The van der Waals surface area contributed by atoms with Crippen molar-refractivity contribution in [2.45, 2.75) is 45.2 Å². The Morgan fingerprint density at radius 1 is 1.61 bits per heavy atom. The van der Waals surface area contributed by atoms with Crippen LogP contribution >= 0.6 is 0 Å². The second-order valence-electron chi connectivity index (χ2n) is 5.44. The average Bonchev–Trinajstić information content (AvgIpc) is 3.11. The molecule has 1 fully saturated rings. The molecule has 1 saturated carbocycles. The molecule has 100 valence electrons. The van der Waals surface area contributed by atoms with Crippen LogP contribution in [0.2, 0.25) is 0 Å². The SMILES string of the molecule is CCCn1cccc1C(=O)NC(C)(CN)C1CC1. The van der Waals surface area contributed by atoms with Crippen molar-refractivity contribution in [2.24, 2.45) is 11.7 Å². The fraction of sp³-hybridized carbons (Fsp3) is 0.643. The highest BCUT2D eigenvalue weighted by molar-refractivity contribution is 5.93. The molecule has 2 rings (SSSR count). The minimum absolute atomic E-state index is 0.00620. The molecular formula is C14H23N3O. The maximum atomic E-state index is 12.3. The molecule has 4 nitrogen and oxygen atoms in total. The first-order valence-electron chi connectivity index (χ1n) is 6.78. The number of nitrogens with two attached hydrogens (primary N) is 1. The van der Waals surface area contributed by atoms with Gasteiger partial charge in [-0.25, -0.2) is 0 Å². The van der Waals surface area contributed by atoms with E-state index in [0.717, 1.165) is 18.7 Å². The van der Waals surface area contributed by atoms with Crippen molar-refractivity contribution in [2.75, 3.05) is 6.54 Å². The lowest BCUT2D eigenvalue weighted by atomic mass is 9.96. The maximum Gasteiger partial charge on any atom is 0.268 e. The highest BCUT2D eigenvalue weighted by Gasteiger charge is 2.41. The molecule has 1 aliphatic rings. The molecule has 1 aromatic heterocycles. The van der Waals surface area contributed by atoms with Crippen molar-refractivity contribution in [3.8, 4) is 0 Å². The fourth-order valence-electron chi connectivity index (χ4n) is 2.42. The lowest BCUT2D eigenvalue weighted by molar-refractivity contribution is 0.0888. The van der Waals surface area contributed by atoms with Crippen LogP contribution in [-0.2, 0) is 6.54 Å². The summed E-state index contributed by atoms with van der Waals surface area (Å²) in [5.41, 5.74) is 6.31. The Balaban J connectivity index is 2.08. The van der Waals surface area contributed by atoms with Crippen LogP contribution in [-0.4, -0.2) is 22.6 Å². The van der Waals surface area contributed by atoms with Crippen molar-refractivity contribution in [1.82, 2.24) is 9.88 Å². The van der Waals surface area contributed by atoms with E-state index >= 15 is 0 Å². The normalized spacial score (nSPS) is 18.4. The molecule has 0 radical (unpaired) electrons. The largest absolute Gasteiger partial charge is 0.344 e. The molecule has 1 aromatic rings. The number of nitrogens with one attached hydrogen (secondary N) is 1. The smallest absolute Gasteiger partial charge is 0.268 e. The first kappa shape index (κ1) is 13.1. The lowest BCUT2D eigenvalue weighted by Crippen LogP contribution is -2.53. The Morgan fingerprint density at radius 3 is 2.89 bits per heavy atom. The van der Waals surface area contributed by atoms with Gasteiger partial charge >= 0.3 is 0 Å². The summed E-state index contributed by atoms with van der Waals surface area (Å²) >= 11 is 0. The van der Waals surface area contributed by atoms with E-state index in [9.17, 15) is 4.79 Å². The monoisotopic (exact) mass is 249 g/mol. The van der Waals surface area contributed by atoms with Gasteiger partial charge in [0.15, 0.2) is 0 Å². The molecule has 1 atom stereocenters. The van der Waals surface area contributed by atoms with E-state index in [1.165, 1.54) is 12.8 Å². The summed E-state index contributed by atoms with van der Waals surface area (Å²) in [6, 6.07) is 3.79. The summed E-state index contributed by atoms with van der Waals surface area (Å²) in [6.07, 6.45) is 5.31. The van der Waals surface area contributed by atoms with Gasteiger partial charge in [0.1, 0.15) is 5.69 Å². The topological polar surface area (TPSA) is 60.0 Å². The van der Waals surface area contributed by atoms with Gasteiger partial charge in [0.2, 0.25) is 0 Å². The van der Waals surface area contributed by atoms with Crippen molar-refractivity contribution < 1.29 is 4.79 Å². The summed E-state index contributed by atoms with van der Waals surface area (Å²) in [4.78, 5) is 12.3. The van der Waals surface area contributed by atoms with Gasteiger partial charge in [-0.3, -0.25) is 4.79 Å². The molecule has 1 heterocycles. The number of carbonyl (C=O) groups excluding carboxylic acids is 1. The minimum Gasteiger partial charge on any atom is -0.344 e.